The van der Waals surface area contributed by atoms with Gasteiger partial charge in [-0.3, -0.25) is 14.2 Å². The highest BCUT2D eigenvalue weighted by Crippen LogP contribution is 2.26. The van der Waals surface area contributed by atoms with Crippen LogP contribution in [0.4, 0.5) is 0 Å². The number of ether oxygens (including phenoxy) is 1. The molecule has 0 unspecified atom stereocenters. The van der Waals surface area contributed by atoms with Gasteiger partial charge in [-0.2, -0.15) is 5.10 Å². The van der Waals surface area contributed by atoms with Gasteiger partial charge in [0.05, 0.1) is 6.61 Å². The van der Waals surface area contributed by atoms with Gasteiger partial charge in [-0.05, 0) is 31.4 Å². The van der Waals surface area contributed by atoms with Crippen LogP contribution in [0.5, 0.6) is 0 Å². The smallest absolute Gasteiger partial charge is 0.327 e. The van der Waals surface area contributed by atoms with Gasteiger partial charge < -0.3 is 4.74 Å². The summed E-state index contributed by atoms with van der Waals surface area (Å²) in [7, 11) is 0. The average Bonchev–Trinajstić information content (AvgIpc) is 3.04. The predicted molar refractivity (Wildman–Crippen MR) is 91.6 cm³/mol. The van der Waals surface area contributed by atoms with E-state index in [-0.39, 0.29) is 19.1 Å². The Morgan fingerprint density at radius 2 is 2.26 bits per heavy atom. The van der Waals surface area contributed by atoms with Crippen LogP contribution < -0.4 is 0 Å². The molecule has 1 amide bonds. The van der Waals surface area contributed by atoms with Gasteiger partial charge in [-0.15, -0.1) is 11.3 Å². The molecule has 0 aliphatic rings. The summed E-state index contributed by atoms with van der Waals surface area (Å²) in [5, 5.41) is 8.65. The van der Waals surface area contributed by atoms with E-state index in [1.807, 2.05) is 30.7 Å². The Bertz CT molecular complexity index is 730. The van der Waals surface area contributed by atoms with Crippen molar-refractivity contribution >= 4 is 39.8 Å². The van der Waals surface area contributed by atoms with Crippen LogP contribution in [0.15, 0.2) is 22.6 Å². The molecule has 2 heterocycles. The number of fused-ring (bicyclic) bond motifs is 1. The van der Waals surface area contributed by atoms with E-state index in [0.29, 0.717) is 6.41 Å². The Kier molecular flexibility index (Phi) is 5.54. The van der Waals surface area contributed by atoms with Gasteiger partial charge in [0.25, 0.3) is 0 Å². The summed E-state index contributed by atoms with van der Waals surface area (Å²) in [4.78, 5) is 23.9. The molecule has 124 valence electrons. The quantitative estimate of drug-likeness (QED) is 0.268. The molecule has 0 aliphatic heterocycles. The normalized spacial score (nSPS) is 12.0. The van der Waals surface area contributed by atoms with Crippen molar-refractivity contribution in [1.29, 1.82) is 0 Å². The van der Waals surface area contributed by atoms with Crippen molar-refractivity contribution in [2.45, 2.75) is 27.7 Å². The number of hydrogen-bond acceptors (Lipinski definition) is 5. The zero-order valence-electron chi connectivity index (χ0n) is 13.8. The summed E-state index contributed by atoms with van der Waals surface area (Å²) < 4.78 is 6.91. The number of aromatic nitrogens is 1. The molecule has 0 aromatic carbocycles. The highest BCUT2D eigenvalue weighted by Gasteiger charge is 2.18. The molecule has 0 N–H and O–H groups in total. The van der Waals surface area contributed by atoms with E-state index in [4.69, 9.17) is 4.74 Å². The third-order valence-electron chi connectivity index (χ3n) is 3.29. The summed E-state index contributed by atoms with van der Waals surface area (Å²) in [6.45, 7) is 7.82. The number of thiophene rings is 1. The zero-order chi connectivity index (χ0) is 17.0. The standard InChI is InChI=1S/C16H21N3O3S/c1-5-22-14(21)9-18(10-20)17-15(11(2)3)19-12(4)8-13-6-7-23-16(13)19/h6-8,10-11H,5,9H2,1-4H3/b17-15-. The van der Waals surface area contributed by atoms with E-state index in [1.165, 1.54) is 0 Å². The zero-order valence-corrected chi connectivity index (χ0v) is 14.6. The van der Waals surface area contributed by atoms with Crippen LogP contribution in [0.3, 0.4) is 0 Å². The van der Waals surface area contributed by atoms with E-state index in [2.05, 4.69) is 17.2 Å². The molecule has 0 atom stereocenters. The largest absolute Gasteiger partial charge is 0.465 e. The number of esters is 1. The van der Waals surface area contributed by atoms with E-state index >= 15 is 0 Å². The fraction of sp³-hybridized carbons (Fsp3) is 0.438. The molecule has 7 heteroatoms. The van der Waals surface area contributed by atoms with Crippen molar-refractivity contribution in [2.24, 2.45) is 11.0 Å². The first-order chi connectivity index (χ1) is 11.0. The lowest BCUT2D eigenvalue weighted by molar-refractivity contribution is -0.146. The Morgan fingerprint density at radius 3 is 2.87 bits per heavy atom. The third-order valence-corrected chi connectivity index (χ3v) is 4.20. The van der Waals surface area contributed by atoms with Crippen LogP contribution in [0.25, 0.3) is 10.2 Å². The van der Waals surface area contributed by atoms with Crippen LogP contribution in [0.2, 0.25) is 0 Å². The summed E-state index contributed by atoms with van der Waals surface area (Å²) in [6.07, 6.45) is 0.545. The molecular formula is C16H21N3O3S. The van der Waals surface area contributed by atoms with Gasteiger partial charge in [0.2, 0.25) is 6.41 Å². The third kappa shape index (κ3) is 3.79. The van der Waals surface area contributed by atoms with Gasteiger partial charge in [-0.25, -0.2) is 5.01 Å². The lowest BCUT2D eigenvalue weighted by Crippen LogP contribution is -2.30. The number of amides is 1. The maximum Gasteiger partial charge on any atom is 0.327 e. The fourth-order valence-corrected chi connectivity index (χ4v) is 3.27. The lowest BCUT2D eigenvalue weighted by Gasteiger charge is -2.18. The highest BCUT2D eigenvalue weighted by molar-refractivity contribution is 7.17. The molecule has 2 rings (SSSR count). The lowest BCUT2D eigenvalue weighted by atomic mass is 10.2. The van der Waals surface area contributed by atoms with Crippen LogP contribution in [-0.4, -0.2) is 40.9 Å². The van der Waals surface area contributed by atoms with E-state index in [1.54, 1.807) is 18.3 Å². The van der Waals surface area contributed by atoms with E-state index in [0.717, 1.165) is 26.8 Å². The Morgan fingerprint density at radius 1 is 1.52 bits per heavy atom. The van der Waals surface area contributed by atoms with E-state index < -0.39 is 5.97 Å². The van der Waals surface area contributed by atoms with Gasteiger partial charge in [0.15, 0.2) is 0 Å². The maximum atomic E-state index is 11.6. The Labute approximate surface area is 139 Å². The Hall–Kier alpha value is -2.15. The van der Waals surface area contributed by atoms with Crippen molar-refractivity contribution in [3.63, 3.8) is 0 Å². The molecule has 2 aromatic heterocycles. The highest BCUT2D eigenvalue weighted by atomic mass is 32.1. The van der Waals surface area contributed by atoms with Gasteiger partial charge in [0.1, 0.15) is 17.2 Å². The van der Waals surface area contributed by atoms with Crippen LogP contribution in [0, 0.1) is 12.8 Å². The van der Waals surface area contributed by atoms with Crippen molar-refractivity contribution in [1.82, 2.24) is 9.58 Å². The molecule has 6 nitrogen and oxygen atoms in total. The SMILES string of the molecule is CCOC(=O)CN(C=O)/N=C(/C(C)C)n1c(C)cc2ccsc21. The van der Waals surface area contributed by atoms with Crippen LogP contribution in [-0.2, 0) is 14.3 Å². The van der Waals surface area contributed by atoms with E-state index in [9.17, 15) is 9.59 Å². The number of hydrazone groups is 1. The molecule has 2 aromatic rings. The molecule has 0 saturated heterocycles. The number of aryl methyl sites for hydroxylation is 1. The molecule has 0 bridgehead atoms. The maximum absolute atomic E-state index is 11.6. The molecule has 0 saturated carbocycles. The summed E-state index contributed by atoms with van der Waals surface area (Å²) in [5.41, 5.74) is 1.04. The molecule has 0 fully saturated rings. The summed E-state index contributed by atoms with van der Waals surface area (Å²) in [6, 6.07) is 4.14. The fourth-order valence-electron chi connectivity index (χ4n) is 2.32. The molecule has 0 spiro atoms. The minimum absolute atomic E-state index is 0.0797. The number of rotatable bonds is 6. The van der Waals surface area contributed by atoms with Crippen molar-refractivity contribution in [2.75, 3.05) is 13.2 Å². The second-order valence-corrected chi connectivity index (χ2v) is 6.32. The Balaban J connectivity index is 2.40. The first kappa shape index (κ1) is 17.2. The van der Waals surface area contributed by atoms with Crippen molar-refractivity contribution < 1.29 is 14.3 Å². The molecular weight excluding hydrogens is 314 g/mol. The molecule has 23 heavy (non-hydrogen) atoms. The van der Waals surface area contributed by atoms with Crippen molar-refractivity contribution in [3.8, 4) is 0 Å². The first-order valence-corrected chi connectivity index (χ1v) is 8.37. The monoisotopic (exact) mass is 335 g/mol. The number of carbonyl (C=O) groups excluding carboxylic acids is 2. The first-order valence-electron chi connectivity index (χ1n) is 7.49. The van der Waals surface area contributed by atoms with Crippen LogP contribution in [0.1, 0.15) is 26.5 Å². The second-order valence-electron chi connectivity index (χ2n) is 5.42. The second kappa shape index (κ2) is 7.41. The minimum Gasteiger partial charge on any atom is -0.465 e. The topological polar surface area (TPSA) is 63.9 Å². The molecule has 0 radical (unpaired) electrons. The number of nitrogens with zero attached hydrogens (tertiary/aromatic N) is 3. The van der Waals surface area contributed by atoms with Gasteiger partial charge in [0, 0.05) is 17.0 Å². The number of hydrogen-bond donors (Lipinski definition) is 0. The van der Waals surface area contributed by atoms with Crippen molar-refractivity contribution in [3.05, 3.63) is 23.2 Å². The average molecular weight is 335 g/mol. The van der Waals surface area contributed by atoms with Gasteiger partial charge >= 0.3 is 5.97 Å². The molecule has 0 aliphatic carbocycles. The van der Waals surface area contributed by atoms with Crippen LogP contribution >= 0.6 is 11.3 Å². The predicted octanol–water partition coefficient (Wildman–Crippen LogP) is 2.85. The summed E-state index contributed by atoms with van der Waals surface area (Å²) in [5.74, 6) is 0.323. The number of carbonyl (C=O) groups is 2. The summed E-state index contributed by atoms with van der Waals surface area (Å²) >= 11 is 1.62. The minimum atomic E-state index is -0.475. The van der Waals surface area contributed by atoms with Gasteiger partial charge in [-0.1, -0.05) is 13.8 Å².